The van der Waals surface area contributed by atoms with Crippen molar-refractivity contribution in [3.63, 3.8) is 0 Å². The SMILES string of the molecule is CN1C(=O)N(CC(=O)N2CCC(C(=O)O)C2)C(=O)C12CCCCC2. The maximum atomic E-state index is 12.8. The molecular formula is C16H23N3O5. The molecule has 0 radical (unpaired) electrons. The molecule has 1 unspecified atom stereocenters. The quantitative estimate of drug-likeness (QED) is 0.757. The molecule has 0 bridgehead atoms. The lowest BCUT2D eigenvalue weighted by molar-refractivity contribution is -0.142. The molecule has 3 rings (SSSR count). The maximum absolute atomic E-state index is 12.8. The lowest BCUT2D eigenvalue weighted by Crippen LogP contribution is -2.49. The first-order chi connectivity index (χ1) is 11.4. The van der Waals surface area contributed by atoms with Gasteiger partial charge in [0.2, 0.25) is 5.91 Å². The van der Waals surface area contributed by atoms with E-state index in [2.05, 4.69) is 0 Å². The summed E-state index contributed by atoms with van der Waals surface area (Å²) in [5.74, 6) is -2.12. The smallest absolute Gasteiger partial charge is 0.327 e. The standard InChI is InChI=1S/C16H23N3O5/c1-17-15(24)19(14(23)16(17)6-3-2-4-7-16)10-12(20)18-8-5-11(9-18)13(21)22/h11H,2-10H2,1H3,(H,21,22). The first-order valence-electron chi connectivity index (χ1n) is 8.47. The fourth-order valence-electron chi connectivity index (χ4n) is 4.09. The van der Waals surface area contributed by atoms with Gasteiger partial charge in [-0.2, -0.15) is 0 Å². The molecule has 4 amide bonds. The van der Waals surface area contributed by atoms with Crippen molar-refractivity contribution in [2.75, 3.05) is 26.7 Å². The van der Waals surface area contributed by atoms with Gasteiger partial charge in [-0.15, -0.1) is 0 Å². The zero-order valence-corrected chi connectivity index (χ0v) is 13.9. The molecule has 8 nitrogen and oxygen atoms in total. The summed E-state index contributed by atoms with van der Waals surface area (Å²) in [5, 5.41) is 9.02. The van der Waals surface area contributed by atoms with E-state index in [0.29, 0.717) is 25.8 Å². The topological polar surface area (TPSA) is 98.2 Å². The molecule has 2 heterocycles. The average molecular weight is 337 g/mol. The fourth-order valence-corrected chi connectivity index (χ4v) is 4.09. The summed E-state index contributed by atoms with van der Waals surface area (Å²) in [7, 11) is 1.63. The van der Waals surface area contributed by atoms with E-state index in [1.165, 1.54) is 9.80 Å². The number of aliphatic carboxylic acids is 1. The molecule has 0 aromatic heterocycles. The van der Waals surface area contributed by atoms with E-state index in [1.54, 1.807) is 7.05 Å². The number of carbonyl (C=O) groups is 4. The number of carboxylic acid groups (broad SMARTS) is 1. The molecule has 132 valence electrons. The van der Waals surface area contributed by atoms with Crippen LogP contribution in [0, 0.1) is 5.92 Å². The maximum Gasteiger partial charge on any atom is 0.327 e. The number of hydrogen-bond acceptors (Lipinski definition) is 4. The Bertz CT molecular complexity index is 584. The Labute approximate surface area is 140 Å². The zero-order chi connectivity index (χ0) is 17.5. The van der Waals surface area contributed by atoms with E-state index in [0.717, 1.165) is 24.2 Å². The van der Waals surface area contributed by atoms with Gasteiger partial charge in [-0.25, -0.2) is 4.79 Å². The molecule has 1 N–H and O–H groups in total. The van der Waals surface area contributed by atoms with Gasteiger partial charge in [0.15, 0.2) is 0 Å². The summed E-state index contributed by atoms with van der Waals surface area (Å²) in [4.78, 5) is 52.7. The number of imide groups is 1. The van der Waals surface area contributed by atoms with Crippen LogP contribution in [0.2, 0.25) is 0 Å². The Morgan fingerprint density at radius 3 is 2.46 bits per heavy atom. The van der Waals surface area contributed by atoms with Gasteiger partial charge in [0, 0.05) is 20.1 Å². The zero-order valence-electron chi connectivity index (χ0n) is 13.9. The molecular weight excluding hydrogens is 314 g/mol. The molecule has 0 aromatic carbocycles. The van der Waals surface area contributed by atoms with Crippen LogP contribution in [0.25, 0.3) is 0 Å². The number of hydrogen-bond donors (Lipinski definition) is 1. The van der Waals surface area contributed by atoms with Crippen molar-refractivity contribution in [1.29, 1.82) is 0 Å². The van der Waals surface area contributed by atoms with E-state index in [1.807, 2.05) is 0 Å². The number of likely N-dealkylation sites (N-methyl/N-ethyl adjacent to an activating group) is 1. The van der Waals surface area contributed by atoms with Crippen LogP contribution in [0.5, 0.6) is 0 Å². The summed E-state index contributed by atoms with van der Waals surface area (Å²) < 4.78 is 0. The normalized spacial score (nSPS) is 26.5. The summed E-state index contributed by atoms with van der Waals surface area (Å²) in [5.41, 5.74) is -0.787. The molecule has 1 saturated carbocycles. The number of amides is 4. The van der Waals surface area contributed by atoms with E-state index in [4.69, 9.17) is 5.11 Å². The lowest BCUT2D eigenvalue weighted by atomic mass is 9.81. The summed E-state index contributed by atoms with van der Waals surface area (Å²) >= 11 is 0. The van der Waals surface area contributed by atoms with Gasteiger partial charge < -0.3 is 14.9 Å². The highest BCUT2D eigenvalue weighted by molar-refractivity contribution is 6.09. The van der Waals surface area contributed by atoms with Crippen molar-refractivity contribution in [3.05, 3.63) is 0 Å². The van der Waals surface area contributed by atoms with Crippen molar-refractivity contribution in [3.8, 4) is 0 Å². The monoisotopic (exact) mass is 337 g/mol. The minimum absolute atomic E-state index is 0.144. The molecule has 1 atom stereocenters. The summed E-state index contributed by atoms with van der Waals surface area (Å²) in [6.45, 7) is 0.203. The molecule has 8 heteroatoms. The second-order valence-electron chi connectivity index (χ2n) is 6.99. The predicted molar refractivity (Wildman–Crippen MR) is 83.0 cm³/mol. The highest BCUT2D eigenvalue weighted by atomic mass is 16.4. The molecule has 24 heavy (non-hydrogen) atoms. The van der Waals surface area contributed by atoms with Crippen molar-refractivity contribution < 1.29 is 24.3 Å². The Kier molecular flexibility index (Phi) is 4.23. The first kappa shape index (κ1) is 16.7. The van der Waals surface area contributed by atoms with Crippen LogP contribution in [0.1, 0.15) is 38.5 Å². The fraction of sp³-hybridized carbons (Fsp3) is 0.750. The van der Waals surface area contributed by atoms with Gasteiger partial charge in [0.25, 0.3) is 5.91 Å². The average Bonchev–Trinajstić information content (AvgIpc) is 3.13. The van der Waals surface area contributed by atoms with E-state index < -0.39 is 23.5 Å². The number of carbonyl (C=O) groups excluding carboxylic acids is 3. The molecule has 3 fully saturated rings. The van der Waals surface area contributed by atoms with E-state index in [-0.39, 0.29) is 24.9 Å². The van der Waals surface area contributed by atoms with E-state index in [9.17, 15) is 19.2 Å². The van der Waals surface area contributed by atoms with Crippen molar-refractivity contribution >= 4 is 23.8 Å². The van der Waals surface area contributed by atoms with Crippen LogP contribution in [-0.4, -0.2) is 75.8 Å². The second kappa shape index (κ2) is 6.07. The number of carboxylic acids is 1. The van der Waals surface area contributed by atoms with Crippen LogP contribution in [0.3, 0.4) is 0 Å². The predicted octanol–water partition coefficient (Wildman–Crippen LogP) is 0.516. The Morgan fingerprint density at radius 1 is 1.21 bits per heavy atom. The molecule has 0 aromatic rings. The lowest BCUT2D eigenvalue weighted by Gasteiger charge is -2.35. The Hall–Kier alpha value is -2.12. The minimum Gasteiger partial charge on any atom is -0.481 e. The van der Waals surface area contributed by atoms with Gasteiger partial charge in [-0.1, -0.05) is 19.3 Å². The highest BCUT2D eigenvalue weighted by Crippen LogP contribution is 2.39. The van der Waals surface area contributed by atoms with Crippen molar-refractivity contribution in [1.82, 2.24) is 14.7 Å². The Balaban J connectivity index is 1.69. The van der Waals surface area contributed by atoms with Gasteiger partial charge in [0.05, 0.1) is 5.92 Å². The minimum atomic E-state index is -0.917. The van der Waals surface area contributed by atoms with Crippen LogP contribution < -0.4 is 0 Å². The summed E-state index contributed by atoms with van der Waals surface area (Å²) in [6, 6.07) is -0.427. The van der Waals surface area contributed by atoms with Crippen LogP contribution in [0.4, 0.5) is 4.79 Å². The summed E-state index contributed by atoms with van der Waals surface area (Å²) in [6.07, 6.45) is 4.55. The number of nitrogens with zero attached hydrogens (tertiary/aromatic N) is 3. The second-order valence-corrected chi connectivity index (χ2v) is 6.99. The first-order valence-corrected chi connectivity index (χ1v) is 8.47. The molecule has 1 aliphatic carbocycles. The van der Waals surface area contributed by atoms with E-state index >= 15 is 0 Å². The highest BCUT2D eigenvalue weighted by Gasteiger charge is 2.56. The van der Waals surface area contributed by atoms with Crippen LogP contribution in [0.15, 0.2) is 0 Å². The number of rotatable bonds is 3. The molecule has 3 aliphatic rings. The van der Waals surface area contributed by atoms with Gasteiger partial charge in [-0.3, -0.25) is 19.3 Å². The third-order valence-corrected chi connectivity index (χ3v) is 5.67. The van der Waals surface area contributed by atoms with Gasteiger partial charge in [0.1, 0.15) is 12.1 Å². The molecule has 2 saturated heterocycles. The Morgan fingerprint density at radius 2 is 1.88 bits per heavy atom. The molecule has 1 spiro atoms. The van der Waals surface area contributed by atoms with Gasteiger partial charge in [-0.05, 0) is 19.3 Å². The molecule has 2 aliphatic heterocycles. The number of likely N-dealkylation sites (tertiary alicyclic amines) is 1. The van der Waals surface area contributed by atoms with Crippen molar-refractivity contribution in [2.24, 2.45) is 5.92 Å². The largest absolute Gasteiger partial charge is 0.481 e. The number of urea groups is 1. The third kappa shape index (κ3) is 2.53. The third-order valence-electron chi connectivity index (χ3n) is 5.67. The van der Waals surface area contributed by atoms with Gasteiger partial charge >= 0.3 is 12.0 Å². The van der Waals surface area contributed by atoms with Crippen LogP contribution in [-0.2, 0) is 14.4 Å². The van der Waals surface area contributed by atoms with Crippen molar-refractivity contribution in [2.45, 2.75) is 44.1 Å². The van der Waals surface area contributed by atoms with Crippen LogP contribution >= 0.6 is 0 Å².